The number of fused-ring (bicyclic) bond motifs is 1. The van der Waals surface area contributed by atoms with Crippen LogP contribution >= 0.6 is 0 Å². The van der Waals surface area contributed by atoms with Gasteiger partial charge in [0.25, 0.3) is 5.91 Å². The van der Waals surface area contributed by atoms with E-state index in [4.69, 9.17) is 0 Å². The highest BCUT2D eigenvalue weighted by Gasteiger charge is 2.35. The van der Waals surface area contributed by atoms with Crippen LogP contribution in [0.5, 0.6) is 0 Å². The van der Waals surface area contributed by atoms with Crippen molar-refractivity contribution in [3.63, 3.8) is 0 Å². The summed E-state index contributed by atoms with van der Waals surface area (Å²) in [6.07, 6.45) is 1.46. The molecule has 1 aliphatic carbocycles. The van der Waals surface area contributed by atoms with Crippen LogP contribution in [-0.2, 0) is 12.6 Å². The highest BCUT2D eigenvalue weighted by atomic mass is 19.4. The number of carbonyl (C=O) groups excluding carboxylic acids is 2. The van der Waals surface area contributed by atoms with Crippen LogP contribution in [0.3, 0.4) is 0 Å². The molecule has 0 aliphatic heterocycles. The number of nitrogens with one attached hydrogen (secondary N) is 1. The Morgan fingerprint density at radius 2 is 1.73 bits per heavy atom. The topological polar surface area (TPSA) is 59.1 Å². The number of nitrogens with zero attached hydrogens (tertiary/aromatic N) is 1. The zero-order valence-corrected chi connectivity index (χ0v) is 22.4. The van der Waals surface area contributed by atoms with Crippen LogP contribution in [0.2, 0.25) is 0 Å². The number of ketones is 1. The number of unbranched alkanes of at least 4 members (excludes halogenated alkanes) is 1. The molecule has 5 rings (SSSR count). The molecule has 40 heavy (non-hydrogen) atoms. The van der Waals surface area contributed by atoms with E-state index < -0.39 is 11.7 Å². The van der Waals surface area contributed by atoms with Gasteiger partial charge in [-0.05, 0) is 78.1 Å². The largest absolute Gasteiger partial charge is 0.417 e. The number of Topliss-reactive ketones (excluding diaryl/α,β-unsaturated/α-hetero) is 1. The van der Waals surface area contributed by atoms with Gasteiger partial charge < -0.3 is 5.32 Å². The van der Waals surface area contributed by atoms with Gasteiger partial charge in [0.05, 0.1) is 11.1 Å². The fourth-order valence-corrected chi connectivity index (χ4v) is 4.97. The molecule has 1 aromatic heterocycles. The van der Waals surface area contributed by atoms with Gasteiger partial charge in [-0.2, -0.15) is 13.2 Å². The summed E-state index contributed by atoms with van der Waals surface area (Å²) in [5.74, 6) is 0.0825. The second-order valence-corrected chi connectivity index (χ2v) is 10.5. The average Bonchev–Trinajstić information content (AvgIpc) is 3.77. The summed E-state index contributed by atoms with van der Waals surface area (Å²) >= 11 is 0. The summed E-state index contributed by atoms with van der Waals surface area (Å²) in [4.78, 5) is 30.0. The summed E-state index contributed by atoms with van der Waals surface area (Å²) in [5, 5.41) is 3.35. The first-order valence-electron chi connectivity index (χ1n) is 13.7. The summed E-state index contributed by atoms with van der Waals surface area (Å²) in [6.45, 7) is 2.56. The molecule has 0 spiro atoms. The predicted octanol–water partition coefficient (Wildman–Crippen LogP) is 8.02. The third-order valence-electron chi connectivity index (χ3n) is 7.39. The van der Waals surface area contributed by atoms with Gasteiger partial charge in [-0.25, -0.2) is 0 Å². The van der Waals surface area contributed by atoms with Gasteiger partial charge >= 0.3 is 6.18 Å². The Kier molecular flexibility index (Phi) is 8.01. The molecule has 7 heteroatoms. The Morgan fingerprint density at radius 3 is 2.38 bits per heavy atom. The normalized spacial score (nSPS) is 13.4. The zero-order chi connectivity index (χ0) is 28.3. The number of carbonyl (C=O) groups is 2. The third kappa shape index (κ3) is 6.24. The molecule has 0 atom stereocenters. The van der Waals surface area contributed by atoms with Crippen LogP contribution < -0.4 is 5.32 Å². The van der Waals surface area contributed by atoms with Gasteiger partial charge in [0, 0.05) is 35.7 Å². The molecule has 3 aromatic carbocycles. The molecule has 0 radical (unpaired) electrons. The van der Waals surface area contributed by atoms with Crippen molar-refractivity contribution in [2.75, 3.05) is 6.54 Å². The van der Waals surface area contributed by atoms with E-state index >= 15 is 0 Å². The Hall–Kier alpha value is -4.00. The monoisotopic (exact) mass is 544 g/mol. The summed E-state index contributed by atoms with van der Waals surface area (Å²) in [5.41, 5.74) is 2.19. The Morgan fingerprint density at radius 1 is 1.00 bits per heavy atom. The molecule has 1 aliphatic rings. The molecule has 1 fully saturated rings. The molecular weight excluding hydrogens is 513 g/mol. The third-order valence-corrected chi connectivity index (χ3v) is 7.39. The number of alkyl halides is 3. The molecule has 1 amide bonds. The molecular formula is C33H31F3N2O2. The highest BCUT2D eigenvalue weighted by molar-refractivity contribution is 6.03. The highest BCUT2D eigenvalue weighted by Crippen LogP contribution is 2.41. The molecule has 0 bridgehead atoms. The fraction of sp³-hybridized carbons (Fsp3) is 0.303. The summed E-state index contributed by atoms with van der Waals surface area (Å²) in [6, 6.07) is 18.3. The lowest BCUT2D eigenvalue weighted by molar-refractivity contribution is -0.137. The Labute approximate surface area is 231 Å². The van der Waals surface area contributed by atoms with Gasteiger partial charge in [-0.15, -0.1) is 0 Å². The minimum Gasteiger partial charge on any atom is -0.352 e. The molecule has 4 aromatic rings. The molecule has 1 heterocycles. The molecule has 0 unspecified atom stereocenters. The van der Waals surface area contributed by atoms with Gasteiger partial charge in [-0.3, -0.25) is 14.6 Å². The van der Waals surface area contributed by atoms with Crippen molar-refractivity contribution in [1.29, 1.82) is 0 Å². The first-order valence-corrected chi connectivity index (χ1v) is 13.7. The van der Waals surface area contributed by atoms with Crippen LogP contribution in [0, 0.1) is 5.92 Å². The lowest BCUT2D eigenvalue weighted by atomic mass is 9.89. The van der Waals surface area contributed by atoms with Crippen molar-refractivity contribution in [3.05, 3.63) is 101 Å². The van der Waals surface area contributed by atoms with Crippen molar-refractivity contribution in [1.82, 2.24) is 10.3 Å². The smallest absolute Gasteiger partial charge is 0.352 e. The van der Waals surface area contributed by atoms with E-state index in [-0.39, 0.29) is 22.8 Å². The number of hydrogen-bond donors (Lipinski definition) is 1. The van der Waals surface area contributed by atoms with E-state index in [0.717, 1.165) is 37.3 Å². The van der Waals surface area contributed by atoms with Crippen molar-refractivity contribution in [2.24, 2.45) is 5.92 Å². The second-order valence-electron chi connectivity index (χ2n) is 10.5. The van der Waals surface area contributed by atoms with Crippen molar-refractivity contribution in [3.8, 4) is 11.1 Å². The van der Waals surface area contributed by atoms with Crippen LogP contribution in [0.15, 0.2) is 72.9 Å². The van der Waals surface area contributed by atoms with Crippen LogP contribution in [0.4, 0.5) is 13.2 Å². The first-order chi connectivity index (χ1) is 19.2. The van der Waals surface area contributed by atoms with Crippen LogP contribution in [0.1, 0.15) is 76.4 Å². The average molecular weight is 545 g/mol. The lowest BCUT2D eigenvalue weighted by Gasteiger charge is -2.18. The SMILES string of the molecule is CCCCNC(=O)c1ccc(-c2cc3c(Cc4ccccc4)c(C(=O)CC4CC4)cnc3cc2C(F)(F)F)cc1. The minimum absolute atomic E-state index is 0.0131. The van der Waals surface area contributed by atoms with E-state index in [0.29, 0.717) is 52.9 Å². The minimum atomic E-state index is -4.62. The number of benzene rings is 3. The molecule has 0 saturated heterocycles. The van der Waals surface area contributed by atoms with Gasteiger partial charge in [0.15, 0.2) is 5.78 Å². The fourth-order valence-electron chi connectivity index (χ4n) is 4.97. The molecule has 1 N–H and O–H groups in total. The van der Waals surface area contributed by atoms with E-state index in [2.05, 4.69) is 10.3 Å². The molecule has 4 nitrogen and oxygen atoms in total. The maximum atomic E-state index is 14.3. The van der Waals surface area contributed by atoms with Gasteiger partial charge in [-0.1, -0.05) is 55.8 Å². The van der Waals surface area contributed by atoms with E-state index in [1.54, 1.807) is 12.1 Å². The van der Waals surface area contributed by atoms with Crippen molar-refractivity contribution >= 4 is 22.6 Å². The van der Waals surface area contributed by atoms with Crippen molar-refractivity contribution < 1.29 is 22.8 Å². The maximum absolute atomic E-state index is 14.3. The van der Waals surface area contributed by atoms with E-state index in [9.17, 15) is 22.8 Å². The van der Waals surface area contributed by atoms with Gasteiger partial charge in [0.1, 0.15) is 0 Å². The summed E-state index contributed by atoms with van der Waals surface area (Å²) in [7, 11) is 0. The molecule has 206 valence electrons. The number of halogens is 3. The zero-order valence-electron chi connectivity index (χ0n) is 22.4. The number of hydrogen-bond acceptors (Lipinski definition) is 3. The standard InChI is InChI=1S/C33H31F3N2O2/c1-2-3-15-37-32(40)24-13-11-23(12-14-24)25-18-27-26(16-21-7-5-4-6-8-21)28(31(39)17-22-9-10-22)20-38-30(27)19-29(25)33(34,35)36/h4-8,11-14,18-20,22H,2-3,9-10,15-17H2,1H3,(H,37,40). The number of aromatic nitrogens is 1. The number of pyridine rings is 1. The van der Waals surface area contributed by atoms with Gasteiger partial charge in [0.2, 0.25) is 0 Å². The number of amides is 1. The lowest BCUT2D eigenvalue weighted by Crippen LogP contribution is -2.24. The van der Waals surface area contributed by atoms with Crippen LogP contribution in [0.25, 0.3) is 22.0 Å². The van der Waals surface area contributed by atoms with E-state index in [1.165, 1.54) is 24.4 Å². The van der Waals surface area contributed by atoms with E-state index in [1.807, 2.05) is 37.3 Å². The van der Waals surface area contributed by atoms with Crippen molar-refractivity contribution in [2.45, 2.75) is 51.6 Å². The Balaban J connectivity index is 1.62. The number of rotatable bonds is 10. The summed E-state index contributed by atoms with van der Waals surface area (Å²) < 4.78 is 42.9. The van der Waals surface area contributed by atoms with Crippen LogP contribution in [-0.4, -0.2) is 23.2 Å². The maximum Gasteiger partial charge on any atom is 0.417 e. The first kappa shape index (κ1) is 27.6. The quantitative estimate of drug-likeness (QED) is 0.162. The second kappa shape index (κ2) is 11.6. The Bertz CT molecular complexity index is 1530. The molecule has 1 saturated carbocycles. The predicted molar refractivity (Wildman–Crippen MR) is 150 cm³/mol.